The second-order valence-electron chi connectivity index (χ2n) is 10.4. The minimum atomic E-state index is -0.509. The summed E-state index contributed by atoms with van der Waals surface area (Å²) in [7, 11) is 0. The lowest BCUT2D eigenvalue weighted by Crippen LogP contribution is -2.55. The Morgan fingerprint density at radius 2 is 1.28 bits per heavy atom. The number of halogens is 5. The average molecular weight is 824 g/mol. The van der Waals surface area contributed by atoms with Crippen molar-refractivity contribution in [3.05, 3.63) is 68.6 Å². The maximum atomic E-state index is 12.1. The highest BCUT2D eigenvalue weighted by molar-refractivity contribution is 9.10. The molecule has 0 saturated carbocycles. The highest BCUT2D eigenvalue weighted by Crippen LogP contribution is 2.40. The van der Waals surface area contributed by atoms with E-state index in [9.17, 15) is 19.2 Å². The Morgan fingerprint density at radius 1 is 0.848 bits per heavy atom. The number of likely N-dealkylation sites (tertiary alicyclic amines) is 1. The maximum Gasteiger partial charge on any atom is 0.265 e. The minimum Gasteiger partial charge on any atom is -0.482 e. The van der Waals surface area contributed by atoms with E-state index in [1.165, 1.54) is 6.08 Å². The second-order valence-corrected chi connectivity index (χ2v) is 13.3. The minimum absolute atomic E-state index is 0. The smallest absolute Gasteiger partial charge is 0.265 e. The first kappa shape index (κ1) is 37.8. The Balaban J connectivity index is 0.000000217. The third-order valence-electron chi connectivity index (χ3n) is 7.24. The zero-order valence-corrected chi connectivity index (χ0v) is 29.3. The number of anilines is 2. The molecule has 10 nitrogen and oxygen atoms in total. The summed E-state index contributed by atoms with van der Waals surface area (Å²) in [5.41, 5.74) is 1.45. The first-order valence-corrected chi connectivity index (χ1v) is 16.4. The molecule has 6 rings (SSSR count). The number of hydrogen-bond acceptors (Lipinski definition) is 7. The molecular formula is C31H33Br2Cl3N4O6. The van der Waals surface area contributed by atoms with Gasteiger partial charge in [-0.2, -0.15) is 0 Å². The number of nitrogens with zero attached hydrogens (tertiary/aromatic N) is 3. The zero-order valence-electron chi connectivity index (χ0n) is 23.9. The average Bonchev–Trinajstić information content (AvgIpc) is 2.96. The van der Waals surface area contributed by atoms with Crippen molar-refractivity contribution in [1.82, 2.24) is 10.2 Å². The molecule has 0 radical (unpaired) electrons. The summed E-state index contributed by atoms with van der Waals surface area (Å²) in [5.74, 6) is 1.93. The van der Waals surface area contributed by atoms with Gasteiger partial charge < -0.3 is 29.5 Å². The van der Waals surface area contributed by atoms with E-state index in [-0.39, 0.29) is 44.3 Å². The number of carbonyl (C=O) groups is 4. The molecule has 4 aliphatic rings. The predicted octanol–water partition coefficient (Wildman–Crippen LogP) is 6.09. The van der Waals surface area contributed by atoms with Crippen LogP contribution in [-0.2, 0) is 19.2 Å². The summed E-state index contributed by atoms with van der Waals surface area (Å²) in [4.78, 5) is 50.2. The predicted molar refractivity (Wildman–Crippen MR) is 188 cm³/mol. The van der Waals surface area contributed by atoms with Gasteiger partial charge in [0.1, 0.15) is 11.5 Å². The summed E-state index contributed by atoms with van der Waals surface area (Å²) in [6, 6.07) is 7.09. The number of carbonyl (C=O) groups excluding carboxylic acids is 4. The summed E-state index contributed by atoms with van der Waals surface area (Å²) in [5, 5.41) is 3.81. The molecule has 4 aliphatic heterocycles. The zero-order chi connectivity index (χ0) is 32.8. The van der Waals surface area contributed by atoms with Gasteiger partial charge in [0.25, 0.3) is 11.8 Å². The molecule has 0 aliphatic carbocycles. The van der Waals surface area contributed by atoms with E-state index in [2.05, 4.69) is 50.3 Å². The molecule has 0 bridgehead atoms. The number of rotatable bonds is 6. The number of allylic oxidation sites excluding steroid dienone is 1. The van der Waals surface area contributed by atoms with Crippen LogP contribution >= 0.6 is 66.7 Å². The SMILES string of the molecule is C.C=CC(=O)Cl.C=CC(=O)N1CC(CN2C(=O)COc3cc(Br)c(Cl)cc32)C1.O=C1COc2cc(Br)c(Cl)cc2N1CC1CNC1. The van der Waals surface area contributed by atoms with Gasteiger partial charge in [0, 0.05) is 60.0 Å². The fourth-order valence-corrected chi connectivity index (χ4v) is 5.74. The number of amides is 3. The Hall–Kier alpha value is -2.61. The van der Waals surface area contributed by atoms with Crippen molar-refractivity contribution < 1.29 is 28.7 Å². The van der Waals surface area contributed by atoms with Crippen LogP contribution in [0, 0.1) is 11.8 Å². The largest absolute Gasteiger partial charge is 0.482 e. The van der Waals surface area contributed by atoms with E-state index in [1.807, 2.05) is 6.07 Å². The maximum absolute atomic E-state index is 12.1. The molecule has 2 aromatic rings. The van der Waals surface area contributed by atoms with Crippen LogP contribution in [0.3, 0.4) is 0 Å². The fraction of sp³-hybridized carbons (Fsp3) is 0.355. The Bertz CT molecular complexity index is 1520. The molecule has 0 unspecified atom stereocenters. The molecule has 46 heavy (non-hydrogen) atoms. The molecular weight excluding hydrogens is 791 g/mol. The summed E-state index contributed by atoms with van der Waals surface area (Å²) in [6.07, 6.45) is 2.35. The van der Waals surface area contributed by atoms with Crippen LogP contribution in [0.4, 0.5) is 11.4 Å². The molecule has 0 aromatic heterocycles. The summed E-state index contributed by atoms with van der Waals surface area (Å²) >= 11 is 23.6. The van der Waals surface area contributed by atoms with E-state index >= 15 is 0 Å². The first-order chi connectivity index (χ1) is 21.4. The molecule has 3 amide bonds. The Morgan fingerprint density at radius 3 is 1.65 bits per heavy atom. The van der Waals surface area contributed by atoms with Gasteiger partial charge in [-0.25, -0.2) is 0 Å². The van der Waals surface area contributed by atoms with Crippen LogP contribution in [0.15, 0.2) is 58.5 Å². The summed E-state index contributed by atoms with van der Waals surface area (Å²) in [6.45, 7) is 11.1. The highest BCUT2D eigenvalue weighted by Gasteiger charge is 2.35. The molecule has 2 fully saturated rings. The van der Waals surface area contributed by atoms with E-state index in [0.29, 0.717) is 52.8 Å². The quantitative estimate of drug-likeness (QED) is 0.278. The molecule has 2 saturated heterocycles. The van der Waals surface area contributed by atoms with Crippen LogP contribution in [0.5, 0.6) is 11.5 Å². The first-order valence-electron chi connectivity index (χ1n) is 13.7. The Labute approximate surface area is 299 Å². The molecule has 2 aromatic carbocycles. The van der Waals surface area contributed by atoms with E-state index in [1.54, 1.807) is 32.9 Å². The molecule has 15 heteroatoms. The van der Waals surface area contributed by atoms with E-state index < -0.39 is 5.24 Å². The van der Waals surface area contributed by atoms with Crippen LogP contribution < -0.4 is 24.6 Å². The van der Waals surface area contributed by atoms with Gasteiger partial charge in [-0.1, -0.05) is 43.8 Å². The molecule has 0 spiro atoms. The van der Waals surface area contributed by atoms with Crippen molar-refractivity contribution in [2.45, 2.75) is 7.43 Å². The third-order valence-corrected chi connectivity index (χ3v) is 9.79. The number of benzene rings is 2. The van der Waals surface area contributed by atoms with Crippen molar-refractivity contribution in [2.75, 3.05) is 62.3 Å². The van der Waals surface area contributed by atoms with Crippen LogP contribution in [0.2, 0.25) is 10.0 Å². The van der Waals surface area contributed by atoms with Crippen molar-refractivity contribution >= 4 is 101 Å². The lowest BCUT2D eigenvalue weighted by molar-refractivity contribution is -0.132. The van der Waals surface area contributed by atoms with Gasteiger partial charge in [-0.15, -0.1) is 0 Å². The molecule has 248 valence electrons. The Kier molecular flexibility index (Phi) is 14.0. The number of nitrogens with one attached hydrogen (secondary N) is 1. The summed E-state index contributed by atoms with van der Waals surface area (Å²) < 4.78 is 12.4. The standard InChI is InChI=1S/C15H14BrClN2O3.C12H12BrClN2O2.C3H3ClO.CH4/c1-2-14(20)18-5-9(6-18)7-19-12-4-11(17)10(16)3-13(12)22-8-15(19)21;13-8-1-11-10(2-9(8)14)16(12(17)6-18-11)5-7-3-15-4-7;1-2-3(4)5;/h2-4,9H,1,5-8H2;1-2,7,15H,3-6H2;2H,1H2;1H4. The third kappa shape index (κ3) is 9.26. The second kappa shape index (κ2) is 17.0. The van der Waals surface area contributed by atoms with E-state index in [0.717, 1.165) is 40.3 Å². The van der Waals surface area contributed by atoms with Crippen LogP contribution in [0.1, 0.15) is 7.43 Å². The molecule has 1 N–H and O–H groups in total. The van der Waals surface area contributed by atoms with Gasteiger partial charge in [-0.05, 0) is 79.9 Å². The van der Waals surface area contributed by atoms with Crippen molar-refractivity contribution in [2.24, 2.45) is 11.8 Å². The van der Waals surface area contributed by atoms with Gasteiger partial charge in [0.2, 0.25) is 11.1 Å². The van der Waals surface area contributed by atoms with Crippen molar-refractivity contribution in [3.8, 4) is 11.5 Å². The lowest BCUT2D eigenvalue weighted by atomic mass is 9.98. The van der Waals surface area contributed by atoms with Crippen LogP contribution in [0.25, 0.3) is 0 Å². The van der Waals surface area contributed by atoms with Gasteiger partial charge >= 0.3 is 0 Å². The van der Waals surface area contributed by atoms with Crippen LogP contribution in [-0.4, -0.2) is 80.3 Å². The van der Waals surface area contributed by atoms with E-state index in [4.69, 9.17) is 44.3 Å². The molecule has 0 atom stereocenters. The lowest BCUT2D eigenvalue weighted by Gasteiger charge is -2.42. The topological polar surface area (TPSA) is 108 Å². The fourth-order valence-electron chi connectivity index (χ4n) is 4.78. The molecule has 4 heterocycles. The van der Waals surface area contributed by atoms with Gasteiger partial charge in [0.15, 0.2) is 13.2 Å². The normalized spacial score (nSPS) is 16.7. The highest BCUT2D eigenvalue weighted by atomic mass is 79.9. The van der Waals surface area contributed by atoms with Gasteiger partial charge in [0.05, 0.1) is 21.4 Å². The van der Waals surface area contributed by atoms with Crippen molar-refractivity contribution in [1.29, 1.82) is 0 Å². The number of hydrogen-bond donors (Lipinski definition) is 1. The van der Waals surface area contributed by atoms with Gasteiger partial charge in [-0.3, -0.25) is 19.2 Å². The van der Waals surface area contributed by atoms with Crippen molar-refractivity contribution in [3.63, 3.8) is 0 Å². The monoisotopic (exact) mass is 820 g/mol. The number of fused-ring (bicyclic) bond motifs is 2. The number of ether oxygens (including phenoxy) is 2.